The fourth-order valence-electron chi connectivity index (χ4n) is 3.60. The second-order valence-electron chi connectivity index (χ2n) is 5.68. The van der Waals surface area contributed by atoms with E-state index in [0.717, 1.165) is 34.6 Å². The van der Waals surface area contributed by atoms with Gasteiger partial charge in [-0.1, -0.05) is 0 Å². The Morgan fingerprint density at radius 3 is 3.00 bits per heavy atom. The molecular formula is C16H13FN2S. The zero-order chi connectivity index (χ0) is 13.3. The van der Waals surface area contributed by atoms with Crippen LogP contribution in [0.1, 0.15) is 34.7 Å². The molecule has 0 saturated heterocycles. The van der Waals surface area contributed by atoms with Crippen LogP contribution in [-0.4, -0.2) is 9.38 Å². The maximum atomic E-state index is 13.4. The summed E-state index contributed by atoms with van der Waals surface area (Å²) in [4.78, 5) is 7.45. The minimum Gasteiger partial charge on any atom is -0.290 e. The molecule has 0 spiro atoms. The van der Waals surface area contributed by atoms with Crippen molar-refractivity contribution in [2.75, 3.05) is 0 Å². The predicted octanol–water partition coefficient (Wildman–Crippen LogP) is 3.98. The van der Waals surface area contributed by atoms with Crippen LogP contribution in [0.3, 0.4) is 0 Å². The third-order valence-electron chi connectivity index (χ3n) is 4.50. The van der Waals surface area contributed by atoms with E-state index in [9.17, 15) is 4.39 Å². The zero-order valence-corrected chi connectivity index (χ0v) is 11.8. The Labute approximate surface area is 119 Å². The van der Waals surface area contributed by atoms with Gasteiger partial charge in [0.15, 0.2) is 4.96 Å². The number of benzene rings is 1. The van der Waals surface area contributed by atoms with Gasteiger partial charge in [-0.05, 0) is 49.4 Å². The Morgan fingerprint density at radius 2 is 2.05 bits per heavy atom. The molecule has 0 fully saturated rings. The Bertz CT molecular complexity index is 859. The van der Waals surface area contributed by atoms with Crippen molar-refractivity contribution in [1.29, 1.82) is 0 Å². The Hall–Kier alpha value is -1.68. The molecule has 100 valence electrons. The van der Waals surface area contributed by atoms with Crippen LogP contribution < -0.4 is 0 Å². The number of hydrogen-bond acceptors (Lipinski definition) is 2. The smallest absolute Gasteiger partial charge is 0.194 e. The lowest BCUT2D eigenvalue weighted by atomic mass is 10.0. The van der Waals surface area contributed by atoms with E-state index in [-0.39, 0.29) is 5.82 Å². The molecular weight excluding hydrogens is 271 g/mol. The van der Waals surface area contributed by atoms with Gasteiger partial charge in [0.05, 0.1) is 11.4 Å². The van der Waals surface area contributed by atoms with E-state index in [0.29, 0.717) is 0 Å². The summed E-state index contributed by atoms with van der Waals surface area (Å²) in [6.07, 6.45) is 5.73. The maximum Gasteiger partial charge on any atom is 0.194 e. The second kappa shape index (κ2) is 3.70. The van der Waals surface area contributed by atoms with Crippen molar-refractivity contribution in [3.63, 3.8) is 0 Å². The van der Waals surface area contributed by atoms with Gasteiger partial charge in [-0.2, -0.15) is 0 Å². The maximum absolute atomic E-state index is 13.4. The summed E-state index contributed by atoms with van der Waals surface area (Å²) in [5, 5.41) is 0. The van der Waals surface area contributed by atoms with E-state index in [1.165, 1.54) is 41.6 Å². The number of hydrogen-bond donors (Lipinski definition) is 0. The lowest BCUT2D eigenvalue weighted by molar-refractivity contribution is 0.626. The molecule has 0 N–H and O–H groups in total. The standard InChI is InChI=1S/C16H13FN2S/c17-10-5-6-11-9(7-10)8-13-15(11)18-16-19(13)12-3-1-2-4-14(12)20-16/h5-7H,1-4,8H2. The number of halogens is 1. The minimum absolute atomic E-state index is 0.150. The average molecular weight is 284 g/mol. The lowest BCUT2D eigenvalue weighted by Crippen LogP contribution is -2.04. The molecule has 5 rings (SSSR count). The topological polar surface area (TPSA) is 17.3 Å². The summed E-state index contributed by atoms with van der Waals surface area (Å²) in [5.41, 5.74) is 5.98. The van der Waals surface area contributed by atoms with Crippen molar-refractivity contribution in [3.05, 3.63) is 45.8 Å². The minimum atomic E-state index is -0.150. The van der Waals surface area contributed by atoms with Crippen molar-refractivity contribution in [3.8, 4) is 11.3 Å². The Kier molecular flexibility index (Phi) is 2.04. The first-order chi connectivity index (χ1) is 9.81. The van der Waals surface area contributed by atoms with E-state index in [1.807, 2.05) is 17.4 Å². The van der Waals surface area contributed by atoms with Crippen LogP contribution in [0.2, 0.25) is 0 Å². The molecule has 0 bridgehead atoms. The van der Waals surface area contributed by atoms with Crippen LogP contribution in [0.25, 0.3) is 16.2 Å². The zero-order valence-electron chi connectivity index (χ0n) is 10.9. The second-order valence-corrected chi connectivity index (χ2v) is 6.74. The molecule has 2 heterocycles. The number of imidazole rings is 1. The van der Waals surface area contributed by atoms with Gasteiger partial charge in [0.1, 0.15) is 5.82 Å². The molecule has 0 atom stereocenters. The van der Waals surface area contributed by atoms with Crippen LogP contribution in [-0.2, 0) is 19.3 Å². The normalized spacial score (nSPS) is 16.2. The van der Waals surface area contributed by atoms with Crippen molar-refractivity contribution in [1.82, 2.24) is 9.38 Å². The first-order valence-electron chi connectivity index (χ1n) is 7.12. The van der Waals surface area contributed by atoms with Crippen molar-refractivity contribution < 1.29 is 4.39 Å². The largest absolute Gasteiger partial charge is 0.290 e. The molecule has 0 saturated carbocycles. The quantitative estimate of drug-likeness (QED) is 0.477. The number of nitrogens with zero attached hydrogens (tertiary/aromatic N) is 2. The Balaban J connectivity index is 1.79. The van der Waals surface area contributed by atoms with E-state index >= 15 is 0 Å². The third-order valence-corrected chi connectivity index (χ3v) is 5.64. The van der Waals surface area contributed by atoms with Crippen LogP contribution in [0.5, 0.6) is 0 Å². The van der Waals surface area contributed by atoms with Gasteiger partial charge in [-0.3, -0.25) is 4.40 Å². The first-order valence-corrected chi connectivity index (χ1v) is 7.93. The highest BCUT2D eigenvalue weighted by molar-refractivity contribution is 7.17. The SMILES string of the molecule is Fc1ccc2c(c1)Cc1c-2nc2sc3c(n12)CCCC3. The molecule has 2 aromatic heterocycles. The predicted molar refractivity (Wildman–Crippen MR) is 77.9 cm³/mol. The monoisotopic (exact) mass is 284 g/mol. The van der Waals surface area contributed by atoms with Gasteiger partial charge in [-0.25, -0.2) is 9.37 Å². The summed E-state index contributed by atoms with van der Waals surface area (Å²) in [6.45, 7) is 0. The summed E-state index contributed by atoms with van der Waals surface area (Å²) in [6, 6.07) is 5.07. The lowest BCUT2D eigenvalue weighted by Gasteiger charge is -2.11. The molecule has 1 aromatic carbocycles. The summed E-state index contributed by atoms with van der Waals surface area (Å²) in [5.74, 6) is -0.150. The number of aryl methyl sites for hydroxylation is 2. The molecule has 20 heavy (non-hydrogen) atoms. The molecule has 0 aliphatic heterocycles. The van der Waals surface area contributed by atoms with Gasteiger partial charge in [-0.15, -0.1) is 11.3 Å². The number of fused-ring (bicyclic) bond motifs is 7. The van der Waals surface area contributed by atoms with Crippen molar-refractivity contribution in [2.24, 2.45) is 0 Å². The van der Waals surface area contributed by atoms with Crippen LogP contribution >= 0.6 is 11.3 Å². The fourth-order valence-corrected chi connectivity index (χ4v) is 4.82. The molecule has 0 amide bonds. The van der Waals surface area contributed by atoms with Crippen LogP contribution in [0, 0.1) is 5.82 Å². The van der Waals surface area contributed by atoms with Crippen LogP contribution in [0.15, 0.2) is 18.2 Å². The molecule has 0 radical (unpaired) electrons. The summed E-state index contributed by atoms with van der Waals surface area (Å²) >= 11 is 1.84. The van der Waals surface area contributed by atoms with Gasteiger partial charge < -0.3 is 0 Å². The third kappa shape index (κ3) is 1.30. The molecule has 3 aromatic rings. The molecule has 2 nitrogen and oxygen atoms in total. The van der Waals surface area contributed by atoms with E-state index < -0.39 is 0 Å². The van der Waals surface area contributed by atoms with Crippen LogP contribution in [0.4, 0.5) is 4.39 Å². The molecule has 2 aliphatic rings. The first kappa shape index (κ1) is 11.0. The summed E-state index contributed by atoms with van der Waals surface area (Å²) < 4.78 is 15.7. The number of rotatable bonds is 0. The van der Waals surface area contributed by atoms with Gasteiger partial charge >= 0.3 is 0 Å². The van der Waals surface area contributed by atoms with Gasteiger partial charge in [0.2, 0.25) is 0 Å². The van der Waals surface area contributed by atoms with Gasteiger partial charge in [0, 0.05) is 22.6 Å². The number of aromatic nitrogens is 2. The molecule has 0 unspecified atom stereocenters. The highest BCUT2D eigenvalue weighted by Crippen LogP contribution is 2.41. The van der Waals surface area contributed by atoms with E-state index in [2.05, 4.69) is 4.40 Å². The van der Waals surface area contributed by atoms with E-state index in [1.54, 1.807) is 6.07 Å². The fraction of sp³-hybridized carbons (Fsp3) is 0.312. The van der Waals surface area contributed by atoms with E-state index in [4.69, 9.17) is 4.98 Å². The van der Waals surface area contributed by atoms with Crippen molar-refractivity contribution >= 4 is 16.3 Å². The molecule has 2 aliphatic carbocycles. The van der Waals surface area contributed by atoms with Crippen molar-refractivity contribution in [2.45, 2.75) is 32.1 Å². The molecule has 4 heteroatoms. The highest BCUT2D eigenvalue weighted by atomic mass is 32.1. The average Bonchev–Trinajstić information content (AvgIpc) is 3.05. The highest BCUT2D eigenvalue weighted by Gasteiger charge is 2.28. The summed E-state index contributed by atoms with van der Waals surface area (Å²) in [7, 11) is 0. The van der Waals surface area contributed by atoms with Gasteiger partial charge in [0.25, 0.3) is 0 Å². The Morgan fingerprint density at radius 1 is 1.15 bits per heavy atom. The number of thiazole rings is 1.